The van der Waals surface area contributed by atoms with Gasteiger partial charge in [-0.3, -0.25) is 19.2 Å². The summed E-state index contributed by atoms with van der Waals surface area (Å²) in [5.41, 5.74) is 10.0. The van der Waals surface area contributed by atoms with Crippen LogP contribution in [0.4, 0.5) is 5.69 Å². The van der Waals surface area contributed by atoms with E-state index in [9.17, 15) is 24.6 Å². The molecule has 296 valence electrons. The molecule has 2 bridgehead atoms. The van der Waals surface area contributed by atoms with E-state index in [1.54, 1.807) is 31.2 Å². The SMILES string of the molecule is COc1c(CN2O[C@@H](CO)[C@@H]([C@H](C)O)[C@H]2C(=O)N[C@H]2C[C@H]3C[C@@H]([C@@H]2C)C3(C)C)cccc1-c1cc(C(=O)N[C@H](Cc2ccccc2)C(N)=O)cc(N(C)C)c1. The Balaban J connectivity index is 1.29. The summed E-state index contributed by atoms with van der Waals surface area (Å²) in [4.78, 5) is 48.6. The van der Waals surface area contributed by atoms with Gasteiger partial charge in [-0.05, 0) is 72.3 Å². The van der Waals surface area contributed by atoms with Crippen molar-refractivity contribution in [3.63, 3.8) is 0 Å². The number of hydroxylamine groups is 2. The molecule has 1 heterocycles. The number of ether oxygens (including phenoxy) is 1. The number of amides is 3. The van der Waals surface area contributed by atoms with Crippen molar-refractivity contribution in [1.82, 2.24) is 15.7 Å². The Morgan fingerprint density at radius 2 is 1.80 bits per heavy atom. The molecular formula is C43H57N5O7. The van der Waals surface area contributed by atoms with Gasteiger partial charge in [-0.2, -0.15) is 5.06 Å². The molecule has 7 rings (SSSR count). The van der Waals surface area contributed by atoms with Crippen LogP contribution in [-0.4, -0.2) is 91.1 Å². The number of nitrogens with one attached hydrogen (secondary N) is 2. The second kappa shape index (κ2) is 16.3. The van der Waals surface area contributed by atoms with E-state index in [1.807, 2.05) is 73.6 Å². The highest BCUT2D eigenvalue weighted by molar-refractivity contribution is 5.99. The molecule has 3 aromatic rings. The molecule has 4 fully saturated rings. The van der Waals surface area contributed by atoms with E-state index in [2.05, 4.69) is 31.4 Å². The number of primary amides is 1. The summed E-state index contributed by atoms with van der Waals surface area (Å²) in [5.74, 6) is -0.0867. The van der Waals surface area contributed by atoms with Crippen molar-refractivity contribution >= 4 is 23.4 Å². The molecule has 0 aromatic heterocycles. The lowest BCUT2D eigenvalue weighted by atomic mass is 9.45. The van der Waals surface area contributed by atoms with Crippen LogP contribution < -0.4 is 26.0 Å². The van der Waals surface area contributed by atoms with Gasteiger partial charge >= 0.3 is 0 Å². The van der Waals surface area contributed by atoms with Gasteiger partial charge in [0.2, 0.25) is 11.8 Å². The van der Waals surface area contributed by atoms with Crippen molar-refractivity contribution in [1.29, 1.82) is 0 Å². The van der Waals surface area contributed by atoms with Crippen LogP contribution >= 0.6 is 0 Å². The molecule has 3 aromatic carbocycles. The number of para-hydroxylation sites is 1. The first-order valence-corrected chi connectivity index (χ1v) is 19.3. The fraction of sp³-hybridized carbons (Fsp3) is 0.512. The number of hydrogen-bond acceptors (Lipinski definition) is 9. The van der Waals surface area contributed by atoms with E-state index >= 15 is 0 Å². The molecule has 4 aliphatic rings. The third-order valence-electron chi connectivity index (χ3n) is 12.6. The lowest BCUT2D eigenvalue weighted by molar-refractivity contribution is -0.183. The minimum atomic E-state index is -0.928. The highest BCUT2D eigenvalue weighted by Gasteiger charge is 2.57. The molecule has 0 unspecified atom stereocenters. The second-order valence-electron chi connectivity index (χ2n) is 16.5. The standard InChI is InChI=1S/C43H57N5O7/c1-24-33-20-30(43(33,3)4)21-34(24)45-42(53)38-37(25(2)50)36(23-49)55-48(38)22-27-14-11-15-32(39(27)54-7)28-17-29(19-31(18-28)47(5)6)41(52)46-35(40(44)51)16-26-12-9-8-10-13-26/h8-15,17-19,24-25,30,33-38,49-50H,16,20-23H2,1-7H3,(H2,44,51)(H,45,53)(H,46,52)/t24-,25-,30+,33-,34-,35+,36-,37+,38-/m0/s1. The molecule has 1 saturated heterocycles. The van der Waals surface area contributed by atoms with Crippen LogP contribution in [0.3, 0.4) is 0 Å². The van der Waals surface area contributed by atoms with Crippen molar-refractivity contribution < 1.29 is 34.2 Å². The molecule has 0 radical (unpaired) electrons. The number of aliphatic hydroxyl groups excluding tert-OH is 2. The first kappa shape index (κ1) is 40.2. The number of benzene rings is 3. The summed E-state index contributed by atoms with van der Waals surface area (Å²) < 4.78 is 6.04. The van der Waals surface area contributed by atoms with Gasteiger partial charge in [0.25, 0.3) is 5.91 Å². The van der Waals surface area contributed by atoms with Gasteiger partial charge in [0, 0.05) is 54.9 Å². The molecule has 12 heteroatoms. The van der Waals surface area contributed by atoms with Crippen molar-refractivity contribution in [3.05, 3.63) is 83.4 Å². The van der Waals surface area contributed by atoms with Crippen LogP contribution in [-0.2, 0) is 27.4 Å². The number of aliphatic hydroxyl groups is 2. The third-order valence-corrected chi connectivity index (χ3v) is 12.6. The monoisotopic (exact) mass is 755 g/mol. The molecule has 6 N–H and O–H groups in total. The number of nitrogens with two attached hydrogens (primary N) is 1. The fourth-order valence-electron chi connectivity index (χ4n) is 9.30. The molecule has 3 amide bonds. The number of anilines is 1. The Bertz CT molecular complexity index is 1870. The highest BCUT2D eigenvalue weighted by atomic mass is 16.7. The first-order chi connectivity index (χ1) is 26.1. The molecular weight excluding hydrogens is 699 g/mol. The average molecular weight is 756 g/mol. The van der Waals surface area contributed by atoms with Crippen LogP contribution in [0.15, 0.2) is 66.7 Å². The number of rotatable bonds is 14. The maximum atomic E-state index is 14.3. The second-order valence-corrected chi connectivity index (χ2v) is 16.5. The minimum absolute atomic E-state index is 0.0128. The van der Waals surface area contributed by atoms with Gasteiger partial charge in [0.05, 0.1) is 26.4 Å². The summed E-state index contributed by atoms with van der Waals surface area (Å²) in [5, 5.41) is 29.0. The fourth-order valence-corrected chi connectivity index (χ4v) is 9.30. The molecule has 9 atom stereocenters. The summed E-state index contributed by atoms with van der Waals surface area (Å²) in [6.07, 6.45) is 0.628. The van der Waals surface area contributed by atoms with E-state index in [1.165, 1.54) is 6.42 Å². The summed E-state index contributed by atoms with van der Waals surface area (Å²) in [6.45, 7) is 8.24. The van der Waals surface area contributed by atoms with Crippen LogP contribution in [0.1, 0.15) is 62.0 Å². The summed E-state index contributed by atoms with van der Waals surface area (Å²) in [7, 11) is 5.31. The maximum Gasteiger partial charge on any atom is 0.252 e. The Morgan fingerprint density at radius 3 is 2.40 bits per heavy atom. The predicted molar refractivity (Wildman–Crippen MR) is 211 cm³/mol. The van der Waals surface area contributed by atoms with Crippen LogP contribution in [0.2, 0.25) is 0 Å². The topological polar surface area (TPSA) is 167 Å². The first-order valence-electron chi connectivity index (χ1n) is 19.3. The Hall–Kier alpha value is -4.49. The Kier molecular flexibility index (Phi) is 11.9. The van der Waals surface area contributed by atoms with E-state index in [-0.39, 0.29) is 36.9 Å². The van der Waals surface area contributed by atoms with Gasteiger partial charge < -0.3 is 36.2 Å². The van der Waals surface area contributed by atoms with Gasteiger partial charge in [0.1, 0.15) is 23.9 Å². The lowest BCUT2D eigenvalue weighted by Gasteiger charge is -2.62. The molecule has 55 heavy (non-hydrogen) atoms. The Labute approximate surface area is 324 Å². The molecule has 3 aliphatic carbocycles. The van der Waals surface area contributed by atoms with Crippen LogP contribution in [0.25, 0.3) is 11.1 Å². The van der Waals surface area contributed by atoms with Crippen molar-refractivity contribution in [2.24, 2.45) is 34.8 Å². The summed E-state index contributed by atoms with van der Waals surface area (Å²) in [6, 6.07) is 18.7. The van der Waals surface area contributed by atoms with Gasteiger partial charge in [-0.15, -0.1) is 0 Å². The maximum absolute atomic E-state index is 14.3. The van der Waals surface area contributed by atoms with E-state index in [0.29, 0.717) is 45.8 Å². The number of methoxy groups -OCH3 is 1. The van der Waals surface area contributed by atoms with E-state index in [4.69, 9.17) is 15.3 Å². The van der Waals surface area contributed by atoms with Gasteiger partial charge in [-0.25, -0.2) is 0 Å². The number of carbonyl (C=O) groups is 3. The average Bonchev–Trinajstić information content (AvgIpc) is 3.53. The third kappa shape index (κ3) is 8.09. The number of fused-ring (bicyclic) bond motifs is 2. The van der Waals surface area contributed by atoms with E-state index < -0.39 is 42.0 Å². The predicted octanol–water partition coefficient (Wildman–Crippen LogP) is 3.92. The quantitative estimate of drug-likeness (QED) is 0.164. The van der Waals surface area contributed by atoms with Crippen LogP contribution in [0, 0.1) is 29.1 Å². The Morgan fingerprint density at radius 1 is 1.07 bits per heavy atom. The summed E-state index contributed by atoms with van der Waals surface area (Å²) >= 11 is 0. The molecule has 3 saturated carbocycles. The lowest BCUT2D eigenvalue weighted by Crippen LogP contribution is -2.62. The normalized spacial score (nSPS) is 26.7. The zero-order valence-corrected chi connectivity index (χ0v) is 33.0. The number of nitrogens with zero attached hydrogens (tertiary/aromatic N) is 2. The van der Waals surface area contributed by atoms with Crippen molar-refractivity contribution in [3.8, 4) is 16.9 Å². The molecule has 1 aliphatic heterocycles. The minimum Gasteiger partial charge on any atom is -0.496 e. The van der Waals surface area contributed by atoms with Crippen molar-refractivity contribution in [2.45, 2.75) is 83.8 Å². The highest BCUT2D eigenvalue weighted by Crippen LogP contribution is 2.61. The largest absolute Gasteiger partial charge is 0.496 e. The zero-order chi connectivity index (χ0) is 39.8. The van der Waals surface area contributed by atoms with Crippen molar-refractivity contribution in [2.75, 3.05) is 32.7 Å². The van der Waals surface area contributed by atoms with E-state index in [0.717, 1.165) is 17.7 Å². The number of carbonyl (C=O) groups excluding carboxylic acids is 3. The number of hydrogen-bond donors (Lipinski definition) is 5. The van der Waals surface area contributed by atoms with Gasteiger partial charge in [0.15, 0.2) is 0 Å². The zero-order valence-electron chi connectivity index (χ0n) is 33.0. The van der Waals surface area contributed by atoms with Crippen LogP contribution in [0.5, 0.6) is 5.75 Å². The van der Waals surface area contributed by atoms with Gasteiger partial charge in [-0.1, -0.05) is 69.3 Å². The molecule has 0 spiro atoms. The molecule has 12 nitrogen and oxygen atoms in total. The smallest absolute Gasteiger partial charge is 0.252 e.